The van der Waals surface area contributed by atoms with E-state index in [2.05, 4.69) is 10.3 Å². The Hall–Kier alpha value is -4.23. The normalized spacial score (nSPS) is 23.7. The SMILES string of the molecule is C[N+]1(O)C[C@H](O)[C@@H](n2c(NC#N)nc3cc(/C=C4\c5ccccc5COc5cc(F)ccc54)ccc32)C1. The second-order valence-electron chi connectivity index (χ2n) is 9.77. The number of likely N-dealkylation sites (N-methyl/N-ethyl adjacent to an activating group) is 1. The largest absolute Gasteiger partial charge is 0.488 e. The third-order valence-electron chi connectivity index (χ3n) is 7.05. The van der Waals surface area contributed by atoms with E-state index in [0.29, 0.717) is 23.8 Å². The van der Waals surface area contributed by atoms with E-state index >= 15 is 0 Å². The van der Waals surface area contributed by atoms with Gasteiger partial charge in [0.15, 0.2) is 6.19 Å². The average molecular weight is 499 g/mol. The van der Waals surface area contributed by atoms with Crippen molar-refractivity contribution in [2.24, 2.45) is 0 Å². The van der Waals surface area contributed by atoms with Crippen LogP contribution in [0.25, 0.3) is 22.7 Å². The third kappa shape index (κ3) is 4.11. The number of aromatic nitrogens is 2. The standard InChI is InChI=1S/C28H25FN5O3/c1-34(36)13-25(26(35)14-34)33-24-9-6-17(11-23(24)32-28(33)31-16-30)10-22-20-5-3-2-4-18(20)15-37-27-12-19(29)7-8-21(22)27/h2-12,25-26,35-36H,13-15H2,1H3,(H,31,32)/q+1/b22-10+/t25-,26-,34?/m0/s1. The number of imidazole rings is 1. The van der Waals surface area contributed by atoms with Gasteiger partial charge in [0.05, 0.1) is 18.1 Å². The number of nitrogens with zero attached hydrogens (tertiary/aromatic N) is 4. The quantitative estimate of drug-likeness (QED) is 0.221. The minimum absolute atomic E-state index is 0.183. The van der Waals surface area contributed by atoms with Gasteiger partial charge in [-0.25, -0.2) is 14.6 Å². The van der Waals surface area contributed by atoms with Crippen LogP contribution in [0.4, 0.5) is 10.3 Å². The molecule has 1 unspecified atom stereocenters. The van der Waals surface area contributed by atoms with Crippen molar-refractivity contribution in [1.29, 1.82) is 5.26 Å². The van der Waals surface area contributed by atoms with E-state index in [1.54, 1.807) is 17.7 Å². The summed E-state index contributed by atoms with van der Waals surface area (Å²) in [5.74, 6) is 0.427. The smallest absolute Gasteiger partial charge is 0.217 e. The molecule has 0 saturated carbocycles. The zero-order chi connectivity index (χ0) is 25.7. The lowest BCUT2D eigenvalue weighted by atomic mass is 9.92. The number of hydroxylamine groups is 3. The number of halogens is 1. The molecule has 8 nitrogen and oxygen atoms in total. The maximum absolute atomic E-state index is 14.0. The van der Waals surface area contributed by atoms with Crippen LogP contribution in [0.3, 0.4) is 0 Å². The number of fused-ring (bicyclic) bond motifs is 3. The number of quaternary nitrogens is 1. The van der Waals surface area contributed by atoms with E-state index in [-0.39, 0.29) is 23.6 Å². The number of aliphatic hydroxyl groups is 1. The molecule has 3 aromatic carbocycles. The molecule has 186 valence electrons. The van der Waals surface area contributed by atoms with Gasteiger partial charge in [0.1, 0.15) is 43.4 Å². The first-order valence-electron chi connectivity index (χ1n) is 12.0. The van der Waals surface area contributed by atoms with Gasteiger partial charge in [0, 0.05) is 11.6 Å². The highest BCUT2D eigenvalue weighted by Gasteiger charge is 2.44. The van der Waals surface area contributed by atoms with Gasteiger partial charge in [-0.15, -0.1) is 0 Å². The van der Waals surface area contributed by atoms with Crippen molar-refractivity contribution in [1.82, 2.24) is 9.55 Å². The van der Waals surface area contributed by atoms with Crippen LogP contribution in [0.5, 0.6) is 5.75 Å². The molecule has 1 aromatic heterocycles. The molecular weight excluding hydrogens is 473 g/mol. The number of nitriles is 1. The molecule has 0 aliphatic carbocycles. The molecule has 1 saturated heterocycles. The summed E-state index contributed by atoms with van der Waals surface area (Å²) >= 11 is 0. The van der Waals surface area contributed by atoms with Crippen LogP contribution in [0.1, 0.15) is 28.3 Å². The summed E-state index contributed by atoms with van der Waals surface area (Å²) in [6.45, 7) is 0.799. The lowest BCUT2D eigenvalue weighted by Gasteiger charge is -2.19. The molecule has 0 bridgehead atoms. The Kier molecular flexibility index (Phi) is 5.46. The summed E-state index contributed by atoms with van der Waals surface area (Å²) < 4.78 is 21.4. The van der Waals surface area contributed by atoms with E-state index in [9.17, 15) is 20.0 Å². The van der Waals surface area contributed by atoms with Crippen molar-refractivity contribution < 1.29 is 24.1 Å². The summed E-state index contributed by atoms with van der Waals surface area (Å²) in [7, 11) is 1.64. The van der Waals surface area contributed by atoms with Crippen LogP contribution >= 0.6 is 0 Å². The zero-order valence-electron chi connectivity index (χ0n) is 20.1. The van der Waals surface area contributed by atoms with E-state index in [1.807, 2.05) is 54.7 Å². The highest BCUT2D eigenvalue weighted by Crippen LogP contribution is 2.39. The average Bonchev–Trinajstić information content (AvgIpc) is 3.30. The van der Waals surface area contributed by atoms with E-state index in [4.69, 9.17) is 4.74 Å². The molecule has 0 amide bonds. The Morgan fingerprint density at radius 2 is 2.00 bits per heavy atom. The van der Waals surface area contributed by atoms with Gasteiger partial charge in [-0.3, -0.25) is 9.88 Å². The molecule has 2 aliphatic rings. The van der Waals surface area contributed by atoms with E-state index < -0.39 is 12.1 Å². The Labute approximate surface area is 212 Å². The van der Waals surface area contributed by atoms with Gasteiger partial charge < -0.3 is 9.84 Å². The maximum Gasteiger partial charge on any atom is 0.217 e. The van der Waals surface area contributed by atoms with Gasteiger partial charge in [-0.2, -0.15) is 9.91 Å². The van der Waals surface area contributed by atoms with Crippen LogP contribution in [0.2, 0.25) is 0 Å². The Balaban J connectivity index is 1.50. The van der Waals surface area contributed by atoms with Crippen molar-refractivity contribution in [3.63, 3.8) is 0 Å². The molecule has 4 aromatic rings. The van der Waals surface area contributed by atoms with Gasteiger partial charge in [0.2, 0.25) is 5.95 Å². The van der Waals surface area contributed by atoms with Gasteiger partial charge in [-0.05, 0) is 52.6 Å². The zero-order valence-corrected chi connectivity index (χ0v) is 20.1. The fourth-order valence-electron chi connectivity index (χ4n) is 5.43. The van der Waals surface area contributed by atoms with Crippen LogP contribution in [0.15, 0.2) is 60.7 Å². The van der Waals surface area contributed by atoms with Crippen LogP contribution in [0, 0.1) is 17.3 Å². The maximum atomic E-state index is 14.0. The number of aliphatic hydroxyl groups excluding tert-OH is 1. The highest BCUT2D eigenvalue weighted by molar-refractivity contribution is 5.96. The lowest BCUT2D eigenvalue weighted by molar-refractivity contribution is -1.08. The van der Waals surface area contributed by atoms with Crippen LogP contribution in [-0.2, 0) is 6.61 Å². The minimum atomic E-state index is -0.798. The second-order valence-corrected chi connectivity index (χ2v) is 9.77. The molecule has 3 N–H and O–H groups in total. The van der Waals surface area contributed by atoms with Crippen LogP contribution in [-0.4, -0.2) is 50.8 Å². The summed E-state index contributed by atoms with van der Waals surface area (Å²) in [6, 6.07) is 17.8. The Bertz CT molecular complexity index is 1600. The first-order chi connectivity index (χ1) is 17.8. The molecule has 0 radical (unpaired) electrons. The number of nitrogens with one attached hydrogen (secondary N) is 1. The molecule has 0 spiro atoms. The Morgan fingerprint density at radius 3 is 2.78 bits per heavy atom. The summed E-state index contributed by atoms with van der Waals surface area (Å²) in [5, 5.41) is 33.1. The molecule has 3 heterocycles. The number of hydrogen-bond acceptors (Lipinski definition) is 6. The molecule has 1 fully saturated rings. The summed E-state index contributed by atoms with van der Waals surface area (Å²) in [6.07, 6.45) is 3.14. The molecular formula is C28H25FN5O3+. The number of benzene rings is 3. The first kappa shape index (κ1) is 23.2. The number of hydrogen-bond donors (Lipinski definition) is 3. The molecule has 9 heteroatoms. The van der Waals surface area contributed by atoms with Crippen LogP contribution < -0.4 is 10.1 Å². The second kappa shape index (κ2) is 8.71. The molecule has 37 heavy (non-hydrogen) atoms. The minimum Gasteiger partial charge on any atom is -0.488 e. The van der Waals surface area contributed by atoms with Gasteiger partial charge in [0.25, 0.3) is 0 Å². The predicted octanol–water partition coefficient (Wildman–Crippen LogP) is 4.30. The number of likely N-dealkylation sites (tertiary alicyclic amines) is 1. The Morgan fingerprint density at radius 1 is 1.16 bits per heavy atom. The monoisotopic (exact) mass is 498 g/mol. The van der Waals surface area contributed by atoms with Crippen molar-refractivity contribution in [2.75, 3.05) is 25.5 Å². The summed E-state index contributed by atoms with van der Waals surface area (Å²) in [4.78, 5) is 4.63. The molecule has 6 rings (SSSR count). The van der Waals surface area contributed by atoms with Gasteiger partial charge in [-0.1, -0.05) is 30.3 Å². The van der Waals surface area contributed by atoms with Crippen molar-refractivity contribution >= 4 is 28.6 Å². The number of ether oxygens (including phenoxy) is 1. The number of anilines is 1. The van der Waals surface area contributed by atoms with E-state index in [0.717, 1.165) is 33.3 Å². The van der Waals surface area contributed by atoms with Gasteiger partial charge >= 0.3 is 0 Å². The topological polar surface area (TPSA) is 103 Å². The third-order valence-corrected chi connectivity index (χ3v) is 7.05. The fourth-order valence-corrected chi connectivity index (χ4v) is 5.43. The van der Waals surface area contributed by atoms with E-state index in [1.165, 1.54) is 12.1 Å². The van der Waals surface area contributed by atoms with Crippen molar-refractivity contribution in [3.8, 4) is 11.9 Å². The number of rotatable bonds is 3. The highest BCUT2D eigenvalue weighted by atomic mass is 19.1. The lowest BCUT2D eigenvalue weighted by Crippen LogP contribution is -2.38. The first-order valence-corrected chi connectivity index (χ1v) is 12.0. The molecule has 2 aliphatic heterocycles. The van der Waals surface area contributed by atoms with Crippen molar-refractivity contribution in [2.45, 2.75) is 18.8 Å². The van der Waals surface area contributed by atoms with Crippen molar-refractivity contribution in [3.05, 3.63) is 88.7 Å². The molecule has 3 atom stereocenters. The summed E-state index contributed by atoms with van der Waals surface area (Å²) in [5.41, 5.74) is 5.91. The fraction of sp³-hybridized carbons (Fsp3) is 0.214. The predicted molar refractivity (Wildman–Crippen MR) is 136 cm³/mol.